The number of halogens is 3. The van der Waals surface area contributed by atoms with Gasteiger partial charge in [-0.25, -0.2) is 22.5 Å². The molecular weight excluding hydrogens is 427 g/mol. The van der Waals surface area contributed by atoms with Crippen molar-refractivity contribution in [2.45, 2.75) is 44.9 Å². The summed E-state index contributed by atoms with van der Waals surface area (Å²) >= 11 is 0. The number of hydrogen-bond donors (Lipinski definition) is 3. The number of nitrogens with zero attached hydrogens (tertiary/aromatic N) is 1. The first-order valence-corrected chi connectivity index (χ1v) is 9.79. The zero-order valence-electron chi connectivity index (χ0n) is 17.6. The van der Waals surface area contributed by atoms with Gasteiger partial charge in [-0.2, -0.15) is 0 Å². The Bertz CT molecular complexity index is 1290. The third-order valence-corrected chi connectivity index (χ3v) is 4.99. The monoisotopic (exact) mass is 449 g/mol. The molecule has 0 unspecified atom stereocenters. The fourth-order valence-corrected chi connectivity index (χ4v) is 3.50. The largest absolute Gasteiger partial charge is 0.390 e. The van der Waals surface area contributed by atoms with Crippen LogP contribution in [-0.2, 0) is 4.79 Å². The van der Waals surface area contributed by atoms with Crippen molar-refractivity contribution >= 4 is 16.8 Å². The van der Waals surface area contributed by atoms with Gasteiger partial charge in [0, 0.05) is 18.1 Å². The summed E-state index contributed by atoms with van der Waals surface area (Å²) in [6.07, 6.45) is -0.346. The Kier molecular flexibility index (Phi) is 6.27. The smallest absolute Gasteiger partial charge is 0.329 e. The Morgan fingerprint density at radius 3 is 2.38 bits per heavy atom. The van der Waals surface area contributed by atoms with E-state index in [9.17, 15) is 32.7 Å². The van der Waals surface area contributed by atoms with Crippen molar-refractivity contribution < 1.29 is 23.1 Å². The van der Waals surface area contributed by atoms with Crippen molar-refractivity contribution in [3.63, 3.8) is 0 Å². The van der Waals surface area contributed by atoms with Crippen LogP contribution >= 0.6 is 0 Å². The predicted octanol–water partition coefficient (Wildman–Crippen LogP) is 2.69. The third kappa shape index (κ3) is 4.91. The summed E-state index contributed by atoms with van der Waals surface area (Å²) in [5, 5.41) is 12.6. The van der Waals surface area contributed by atoms with E-state index in [1.807, 2.05) is 0 Å². The molecule has 32 heavy (non-hydrogen) atoms. The van der Waals surface area contributed by atoms with Crippen molar-refractivity contribution in [3.8, 4) is 0 Å². The molecule has 0 radical (unpaired) electrons. The second kappa shape index (κ2) is 8.62. The Balaban J connectivity index is 2.06. The molecule has 7 nitrogen and oxygen atoms in total. The molecule has 0 saturated heterocycles. The summed E-state index contributed by atoms with van der Waals surface area (Å²) in [5.74, 6) is -3.23. The van der Waals surface area contributed by atoms with Crippen molar-refractivity contribution in [1.82, 2.24) is 14.9 Å². The Morgan fingerprint density at radius 2 is 1.75 bits per heavy atom. The van der Waals surface area contributed by atoms with Crippen LogP contribution in [0.1, 0.15) is 44.8 Å². The molecule has 0 spiro atoms. The molecular formula is C22H22F3N3O4. The molecule has 1 amide bonds. The van der Waals surface area contributed by atoms with Gasteiger partial charge < -0.3 is 15.4 Å². The van der Waals surface area contributed by atoms with Gasteiger partial charge in [0.1, 0.15) is 23.5 Å². The number of aliphatic hydroxyl groups is 1. The molecule has 0 aliphatic carbocycles. The second-order valence-corrected chi connectivity index (χ2v) is 8.22. The van der Waals surface area contributed by atoms with Crippen LogP contribution in [0.15, 0.2) is 46.0 Å². The van der Waals surface area contributed by atoms with Gasteiger partial charge in [-0.1, -0.05) is 6.07 Å². The molecule has 0 aliphatic rings. The number of benzene rings is 2. The number of hydrogen-bond acceptors (Lipinski definition) is 4. The number of aromatic nitrogens is 2. The molecule has 2 atom stereocenters. The summed E-state index contributed by atoms with van der Waals surface area (Å²) in [6.45, 7) is 4.21. The summed E-state index contributed by atoms with van der Waals surface area (Å²) < 4.78 is 41.6. The van der Waals surface area contributed by atoms with E-state index in [0.29, 0.717) is 10.6 Å². The van der Waals surface area contributed by atoms with E-state index < -0.39 is 52.3 Å². The van der Waals surface area contributed by atoms with Crippen LogP contribution < -0.4 is 16.6 Å². The lowest BCUT2D eigenvalue weighted by atomic mass is 9.97. The van der Waals surface area contributed by atoms with Crippen LogP contribution in [0.3, 0.4) is 0 Å². The lowest BCUT2D eigenvalue weighted by molar-refractivity contribution is -0.127. The Hall–Kier alpha value is -3.40. The molecule has 10 heteroatoms. The van der Waals surface area contributed by atoms with Gasteiger partial charge in [0.05, 0.1) is 22.5 Å². The van der Waals surface area contributed by atoms with Crippen molar-refractivity contribution in [2.75, 3.05) is 0 Å². The van der Waals surface area contributed by atoms with E-state index in [1.165, 1.54) is 32.9 Å². The Morgan fingerprint density at radius 1 is 1.12 bits per heavy atom. The average molecular weight is 449 g/mol. The van der Waals surface area contributed by atoms with E-state index in [1.54, 1.807) is 0 Å². The van der Waals surface area contributed by atoms with Gasteiger partial charge in [-0.15, -0.1) is 0 Å². The molecule has 0 saturated carbocycles. The van der Waals surface area contributed by atoms with Crippen LogP contribution in [0, 0.1) is 17.5 Å². The number of rotatable bonds is 6. The van der Waals surface area contributed by atoms with Crippen molar-refractivity contribution in [1.29, 1.82) is 0 Å². The van der Waals surface area contributed by atoms with Crippen LogP contribution in [-0.4, -0.2) is 26.2 Å². The summed E-state index contributed by atoms with van der Waals surface area (Å²) in [7, 11) is 0. The zero-order chi connectivity index (χ0) is 23.8. The third-order valence-electron chi connectivity index (χ3n) is 4.99. The summed E-state index contributed by atoms with van der Waals surface area (Å²) in [6, 6.07) is 3.65. The quantitative estimate of drug-likeness (QED) is 0.538. The molecule has 1 heterocycles. The van der Waals surface area contributed by atoms with Crippen LogP contribution in [0.2, 0.25) is 0 Å². The van der Waals surface area contributed by atoms with Crippen LogP contribution in [0.5, 0.6) is 0 Å². The maximum Gasteiger partial charge on any atom is 0.329 e. The zero-order valence-corrected chi connectivity index (χ0v) is 17.6. The van der Waals surface area contributed by atoms with Gasteiger partial charge in [-0.05, 0) is 45.0 Å². The molecule has 1 aromatic heterocycles. The average Bonchev–Trinajstić information content (AvgIpc) is 2.66. The van der Waals surface area contributed by atoms with E-state index in [0.717, 1.165) is 18.2 Å². The highest BCUT2D eigenvalue weighted by molar-refractivity contribution is 5.82. The topological polar surface area (TPSA) is 104 Å². The summed E-state index contributed by atoms with van der Waals surface area (Å²) in [5.41, 5.74) is -3.26. The van der Waals surface area contributed by atoms with E-state index in [4.69, 9.17) is 0 Å². The maximum absolute atomic E-state index is 14.1. The van der Waals surface area contributed by atoms with Crippen molar-refractivity contribution in [2.24, 2.45) is 0 Å². The van der Waals surface area contributed by atoms with Crippen LogP contribution in [0.4, 0.5) is 13.2 Å². The minimum Gasteiger partial charge on any atom is -0.390 e. The van der Waals surface area contributed by atoms with Gasteiger partial charge in [-0.3, -0.25) is 9.59 Å². The molecule has 0 bridgehead atoms. The lowest BCUT2D eigenvalue weighted by Crippen LogP contribution is -2.47. The van der Waals surface area contributed by atoms with E-state index >= 15 is 0 Å². The number of H-pyrrole nitrogens is 1. The molecule has 3 rings (SSSR count). The number of carbonyl (C=O) groups excluding carboxylic acids is 1. The van der Waals surface area contributed by atoms with Crippen molar-refractivity contribution in [3.05, 3.63) is 80.3 Å². The normalized spacial score (nSPS) is 13.7. The molecule has 3 N–H and O–H groups in total. The number of fused-ring (bicyclic) bond motifs is 1. The number of nitrogens with one attached hydrogen (secondary N) is 2. The van der Waals surface area contributed by atoms with Gasteiger partial charge >= 0.3 is 5.69 Å². The molecule has 3 aromatic rings. The highest BCUT2D eigenvalue weighted by Crippen LogP contribution is 2.23. The van der Waals surface area contributed by atoms with E-state index in [2.05, 4.69) is 10.3 Å². The molecule has 0 fully saturated rings. The van der Waals surface area contributed by atoms with Gasteiger partial charge in [0.2, 0.25) is 5.91 Å². The minimum atomic E-state index is -1.50. The molecule has 2 aromatic carbocycles. The fraction of sp³-hybridized carbons (Fsp3) is 0.318. The SMILES string of the molecule is C[C@@H](NC(=O)[C@H](CC(C)(C)O)n1c(=O)[nH]c2ccc(F)cc2c1=O)c1ccc(F)cc1F. The first-order valence-electron chi connectivity index (χ1n) is 9.79. The second-order valence-electron chi connectivity index (χ2n) is 8.22. The Labute approximate surface area is 180 Å². The summed E-state index contributed by atoms with van der Waals surface area (Å²) in [4.78, 5) is 41.2. The maximum atomic E-state index is 14.1. The molecule has 0 aliphatic heterocycles. The van der Waals surface area contributed by atoms with Crippen LogP contribution in [0.25, 0.3) is 10.9 Å². The first-order chi connectivity index (χ1) is 14.9. The fourth-order valence-electron chi connectivity index (χ4n) is 3.50. The van der Waals surface area contributed by atoms with E-state index in [-0.39, 0.29) is 22.9 Å². The predicted molar refractivity (Wildman–Crippen MR) is 112 cm³/mol. The highest BCUT2D eigenvalue weighted by atomic mass is 19.1. The highest BCUT2D eigenvalue weighted by Gasteiger charge is 2.32. The molecule has 170 valence electrons. The first kappa shape index (κ1) is 23.3. The minimum absolute atomic E-state index is 0.0106. The number of carbonyl (C=O) groups is 1. The standard InChI is InChI=1S/C22H22F3N3O4/c1-11(14-6-4-13(24)9-16(14)25)26-19(29)18(10-22(2,3)32)28-20(30)15-8-12(23)5-7-17(15)27-21(28)31/h4-9,11,18,32H,10H2,1-3H3,(H,26,29)(H,27,31)/t11-,18+/m1/s1. The van der Waals surface area contributed by atoms with Gasteiger partial charge in [0.25, 0.3) is 5.56 Å². The lowest BCUT2D eigenvalue weighted by Gasteiger charge is -2.27. The number of aromatic amines is 1. The van der Waals surface area contributed by atoms with Gasteiger partial charge in [0.15, 0.2) is 0 Å². The number of amides is 1.